The molecule has 9 heteroatoms. The molecule has 0 amide bonds. The second-order valence-electron chi connectivity index (χ2n) is 5.20. The van der Waals surface area contributed by atoms with Crippen molar-refractivity contribution in [3.63, 3.8) is 0 Å². The molecule has 0 saturated carbocycles. The molecule has 1 heterocycles. The first-order valence-electron chi connectivity index (χ1n) is 7.05. The van der Waals surface area contributed by atoms with Crippen molar-refractivity contribution in [1.82, 2.24) is 0 Å². The van der Waals surface area contributed by atoms with Crippen molar-refractivity contribution in [2.24, 2.45) is 0 Å². The Balaban J connectivity index is 2.17. The van der Waals surface area contributed by atoms with E-state index < -0.39 is 28.2 Å². The summed E-state index contributed by atoms with van der Waals surface area (Å²) >= 11 is 0.525. The zero-order chi connectivity index (χ0) is 19.1. The molecule has 2 aromatic carbocycles. The van der Waals surface area contributed by atoms with Gasteiger partial charge in [0, 0.05) is 11.0 Å². The largest absolute Gasteiger partial charge is 0.508 e. The molecule has 26 heavy (non-hydrogen) atoms. The van der Waals surface area contributed by atoms with E-state index in [9.17, 15) is 27.9 Å². The van der Waals surface area contributed by atoms with E-state index in [1.807, 2.05) is 0 Å². The molecular formula is C17H9F3O5S. The molecule has 1 aromatic heterocycles. The van der Waals surface area contributed by atoms with Crippen LogP contribution in [0.15, 0.2) is 61.5 Å². The predicted octanol–water partition coefficient (Wildman–Crippen LogP) is 4.37. The van der Waals surface area contributed by atoms with E-state index in [1.165, 1.54) is 36.4 Å². The number of phenols is 1. The van der Waals surface area contributed by atoms with Gasteiger partial charge in [-0.3, -0.25) is 4.79 Å². The number of carboxylic acids is 1. The Kier molecular flexibility index (Phi) is 4.41. The van der Waals surface area contributed by atoms with Gasteiger partial charge in [-0.05, 0) is 36.4 Å². The van der Waals surface area contributed by atoms with E-state index in [1.54, 1.807) is 0 Å². The molecule has 0 aliphatic carbocycles. The van der Waals surface area contributed by atoms with E-state index in [4.69, 9.17) is 9.52 Å². The average Bonchev–Trinajstić information content (AvgIpc) is 2.56. The summed E-state index contributed by atoms with van der Waals surface area (Å²) in [6.07, 6.45) is -4.93. The molecule has 0 fully saturated rings. The number of carbonyl (C=O) groups is 1. The average molecular weight is 382 g/mol. The number of hydrogen-bond acceptors (Lipinski definition) is 5. The molecule has 134 valence electrons. The number of halogens is 3. The van der Waals surface area contributed by atoms with Crippen LogP contribution in [-0.4, -0.2) is 16.2 Å². The molecular weight excluding hydrogens is 373 g/mol. The zero-order valence-electron chi connectivity index (χ0n) is 12.7. The standard InChI is InChI=1S/C17H9F3O5S/c18-17(19,20)15-14(26-10-4-1-8(2-5-10)16(23)24)13(22)11-6-3-9(21)7-12(11)25-15/h1-7,21H,(H,23,24). The van der Waals surface area contributed by atoms with Gasteiger partial charge in [-0.25, -0.2) is 4.79 Å². The van der Waals surface area contributed by atoms with Gasteiger partial charge < -0.3 is 14.6 Å². The Hall–Kier alpha value is -2.94. The molecule has 3 aromatic rings. The molecule has 0 spiro atoms. The van der Waals surface area contributed by atoms with Gasteiger partial charge in [0.15, 0.2) is 0 Å². The highest BCUT2D eigenvalue weighted by atomic mass is 32.2. The van der Waals surface area contributed by atoms with E-state index in [0.717, 1.165) is 6.07 Å². The van der Waals surface area contributed by atoms with Gasteiger partial charge in [0.05, 0.1) is 10.9 Å². The minimum atomic E-state index is -4.93. The van der Waals surface area contributed by atoms with Gasteiger partial charge in [0.1, 0.15) is 16.2 Å². The number of benzene rings is 2. The van der Waals surface area contributed by atoms with Gasteiger partial charge in [-0.2, -0.15) is 13.2 Å². The third-order valence-corrected chi connectivity index (χ3v) is 4.50. The van der Waals surface area contributed by atoms with Crippen molar-refractivity contribution >= 4 is 28.7 Å². The summed E-state index contributed by atoms with van der Waals surface area (Å²) in [7, 11) is 0. The monoisotopic (exact) mass is 382 g/mol. The molecule has 0 saturated heterocycles. The highest BCUT2D eigenvalue weighted by molar-refractivity contribution is 7.99. The minimum Gasteiger partial charge on any atom is -0.508 e. The summed E-state index contributed by atoms with van der Waals surface area (Å²) in [6, 6.07) is 8.32. The third kappa shape index (κ3) is 3.38. The SMILES string of the molecule is O=C(O)c1ccc(Sc2c(C(F)(F)F)oc3cc(O)ccc3c2=O)cc1. The van der Waals surface area contributed by atoms with Crippen LogP contribution in [0.25, 0.3) is 11.0 Å². The van der Waals surface area contributed by atoms with Crippen LogP contribution in [0, 0.1) is 0 Å². The lowest BCUT2D eigenvalue weighted by molar-refractivity contribution is -0.155. The Morgan fingerprint density at radius 3 is 2.31 bits per heavy atom. The summed E-state index contributed by atoms with van der Waals surface area (Å²) in [6.45, 7) is 0. The Morgan fingerprint density at radius 1 is 1.08 bits per heavy atom. The van der Waals surface area contributed by atoms with Gasteiger partial charge >= 0.3 is 12.1 Å². The lowest BCUT2D eigenvalue weighted by atomic mass is 10.2. The minimum absolute atomic E-state index is 0.0357. The summed E-state index contributed by atoms with van der Waals surface area (Å²) in [5.41, 5.74) is -1.31. The number of phenolic OH excluding ortho intramolecular Hbond substituents is 1. The van der Waals surface area contributed by atoms with Crippen LogP contribution in [0.3, 0.4) is 0 Å². The molecule has 0 unspecified atom stereocenters. The van der Waals surface area contributed by atoms with Gasteiger partial charge in [0.25, 0.3) is 0 Å². The van der Waals surface area contributed by atoms with E-state index in [2.05, 4.69) is 0 Å². The first-order chi connectivity index (χ1) is 12.2. The number of hydrogen-bond donors (Lipinski definition) is 2. The Labute approximate surface area is 147 Å². The fourth-order valence-corrected chi connectivity index (χ4v) is 3.19. The fraction of sp³-hybridized carbons (Fsp3) is 0.0588. The van der Waals surface area contributed by atoms with Crippen LogP contribution in [0.5, 0.6) is 5.75 Å². The van der Waals surface area contributed by atoms with Crippen LogP contribution in [-0.2, 0) is 6.18 Å². The summed E-state index contributed by atoms with van der Waals surface area (Å²) < 4.78 is 44.9. The first kappa shape index (κ1) is 17.9. The molecule has 0 atom stereocenters. The molecule has 5 nitrogen and oxygen atoms in total. The lowest BCUT2D eigenvalue weighted by Crippen LogP contribution is -2.15. The summed E-state index contributed by atoms with van der Waals surface area (Å²) in [4.78, 5) is 22.9. The van der Waals surface area contributed by atoms with Crippen molar-refractivity contribution in [1.29, 1.82) is 0 Å². The maximum Gasteiger partial charge on any atom is 0.450 e. The lowest BCUT2D eigenvalue weighted by Gasteiger charge is -2.12. The first-order valence-corrected chi connectivity index (χ1v) is 7.86. The van der Waals surface area contributed by atoms with Gasteiger partial charge in [-0.15, -0.1) is 0 Å². The Bertz CT molecular complexity index is 1050. The number of alkyl halides is 3. The van der Waals surface area contributed by atoms with E-state index >= 15 is 0 Å². The summed E-state index contributed by atoms with van der Waals surface area (Å²) in [5, 5.41) is 18.1. The molecule has 0 aliphatic heterocycles. The zero-order valence-corrected chi connectivity index (χ0v) is 13.5. The number of rotatable bonds is 3. The maximum absolute atomic E-state index is 13.3. The number of carboxylic acid groups (broad SMARTS) is 1. The predicted molar refractivity (Wildman–Crippen MR) is 86.7 cm³/mol. The number of aromatic carboxylic acids is 1. The van der Waals surface area contributed by atoms with Crippen LogP contribution in [0.1, 0.15) is 16.1 Å². The van der Waals surface area contributed by atoms with Crippen LogP contribution < -0.4 is 5.43 Å². The second-order valence-corrected chi connectivity index (χ2v) is 6.28. The molecule has 3 rings (SSSR count). The van der Waals surface area contributed by atoms with Gasteiger partial charge in [-0.1, -0.05) is 11.8 Å². The third-order valence-electron chi connectivity index (χ3n) is 3.41. The van der Waals surface area contributed by atoms with Crippen LogP contribution >= 0.6 is 11.8 Å². The number of aromatic hydroxyl groups is 1. The quantitative estimate of drug-likeness (QED) is 0.700. The fourth-order valence-electron chi connectivity index (χ4n) is 2.23. The number of fused-ring (bicyclic) bond motifs is 1. The van der Waals surface area contributed by atoms with Crippen LogP contribution in [0.4, 0.5) is 13.2 Å². The van der Waals surface area contributed by atoms with E-state index in [0.29, 0.717) is 11.8 Å². The maximum atomic E-state index is 13.3. The van der Waals surface area contributed by atoms with Gasteiger partial charge in [0.2, 0.25) is 11.2 Å². The second kappa shape index (κ2) is 6.41. The molecule has 0 aliphatic rings. The van der Waals surface area contributed by atoms with Crippen molar-refractivity contribution in [2.75, 3.05) is 0 Å². The Morgan fingerprint density at radius 2 is 1.73 bits per heavy atom. The van der Waals surface area contributed by atoms with E-state index in [-0.39, 0.29) is 27.2 Å². The highest BCUT2D eigenvalue weighted by Crippen LogP contribution is 2.39. The topological polar surface area (TPSA) is 87.7 Å². The molecule has 0 bridgehead atoms. The molecule has 0 radical (unpaired) electrons. The van der Waals surface area contributed by atoms with Crippen molar-refractivity contribution < 1.29 is 32.6 Å². The normalized spacial score (nSPS) is 11.7. The van der Waals surface area contributed by atoms with Crippen molar-refractivity contribution in [3.05, 3.63) is 64.0 Å². The molecule has 2 N–H and O–H groups in total. The van der Waals surface area contributed by atoms with Crippen molar-refractivity contribution in [3.8, 4) is 5.75 Å². The summed E-state index contributed by atoms with van der Waals surface area (Å²) in [5.74, 6) is -2.99. The van der Waals surface area contributed by atoms with Crippen LogP contribution in [0.2, 0.25) is 0 Å². The highest BCUT2D eigenvalue weighted by Gasteiger charge is 2.39. The van der Waals surface area contributed by atoms with Crippen molar-refractivity contribution in [2.45, 2.75) is 16.0 Å². The smallest absolute Gasteiger partial charge is 0.450 e.